The maximum Gasteiger partial charge on any atom is 0.0894 e. The van der Waals surface area contributed by atoms with Crippen LogP contribution in [0.15, 0.2) is 138 Å². The highest BCUT2D eigenvalue weighted by molar-refractivity contribution is 6.10. The number of rotatable bonds is 9. The van der Waals surface area contributed by atoms with E-state index < -0.39 is 0 Å². The summed E-state index contributed by atoms with van der Waals surface area (Å²) in [7, 11) is 2.20. The number of allylic oxidation sites excluding steroid dienone is 4. The number of hydrogen-bond donors (Lipinski definition) is 2. The first-order valence-electron chi connectivity index (χ1n) is 16.2. The second-order valence-electron chi connectivity index (χ2n) is 13.8. The summed E-state index contributed by atoms with van der Waals surface area (Å²) in [6.45, 7) is 17.6. The van der Waals surface area contributed by atoms with Gasteiger partial charge in [-0.2, -0.15) is 0 Å². The Labute approximate surface area is 274 Å². The van der Waals surface area contributed by atoms with Gasteiger partial charge >= 0.3 is 0 Å². The standard InChI is InChI=1S/C42H45N3O/c1-8-37-35-15-11-12-16-36(35)39-30(24-27(2)23-28(3)46)25-31(40(39)44-37)26-45(7)41-34-14-10-9-13-29(34)17-22-38(41)43-33-20-18-32(19-21-33)42(4,5)6/h8-23,25,31,39-40,43,46H,1-2,24,26H2,3-7H3/b28-23+. The van der Waals surface area contributed by atoms with Crippen molar-refractivity contribution in [2.75, 3.05) is 23.8 Å². The third-order valence-electron chi connectivity index (χ3n) is 9.30. The molecule has 234 valence electrons. The zero-order chi connectivity index (χ0) is 32.6. The number of hydrogen-bond acceptors (Lipinski definition) is 4. The summed E-state index contributed by atoms with van der Waals surface area (Å²) in [6, 6.07) is 30.4. The van der Waals surface area contributed by atoms with Gasteiger partial charge in [-0.3, -0.25) is 4.99 Å². The molecule has 0 radical (unpaired) electrons. The lowest BCUT2D eigenvalue weighted by atomic mass is 9.79. The van der Waals surface area contributed by atoms with E-state index in [2.05, 4.69) is 142 Å². The van der Waals surface area contributed by atoms with E-state index in [1.54, 1.807) is 13.0 Å². The van der Waals surface area contributed by atoms with Gasteiger partial charge in [-0.1, -0.05) is 112 Å². The van der Waals surface area contributed by atoms with Gasteiger partial charge in [0.15, 0.2) is 0 Å². The van der Waals surface area contributed by atoms with Gasteiger partial charge in [-0.15, -0.1) is 0 Å². The second kappa shape index (κ2) is 12.5. The summed E-state index contributed by atoms with van der Waals surface area (Å²) in [6.07, 6.45) is 6.78. The minimum atomic E-state index is 0.0451. The molecule has 6 rings (SSSR count). The number of anilines is 3. The van der Waals surface area contributed by atoms with Crippen LogP contribution in [-0.2, 0) is 5.41 Å². The average molecular weight is 608 g/mol. The molecule has 2 N–H and O–H groups in total. The normalized spacial score (nSPS) is 19.2. The van der Waals surface area contributed by atoms with Gasteiger partial charge in [0.2, 0.25) is 0 Å². The third-order valence-corrected chi connectivity index (χ3v) is 9.30. The van der Waals surface area contributed by atoms with Gasteiger partial charge in [-0.25, -0.2) is 0 Å². The molecule has 0 bridgehead atoms. The zero-order valence-corrected chi connectivity index (χ0v) is 27.7. The molecule has 4 aromatic carbocycles. The van der Waals surface area contributed by atoms with Gasteiger partial charge in [0, 0.05) is 42.1 Å². The van der Waals surface area contributed by atoms with E-state index in [0.29, 0.717) is 6.42 Å². The van der Waals surface area contributed by atoms with Gasteiger partial charge < -0.3 is 15.3 Å². The summed E-state index contributed by atoms with van der Waals surface area (Å²) in [5, 5.41) is 16.1. The molecule has 3 unspecified atom stereocenters. The minimum absolute atomic E-state index is 0.0451. The van der Waals surface area contributed by atoms with E-state index >= 15 is 0 Å². The van der Waals surface area contributed by atoms with Crippen LogP contribution in [0.4, 0.5) is 17.1 Å². The molecule has 4 nitrogen and oxygen atoms in total. The van der Waals surface area contributed by atoms with Crippen molar-refractivity contribution in [1.82, 2.24) is 0 Å². The molecular weight excluding hydrogens is 562 g/mol. The van der Waals surface area contributed by atoms with Crippen molar-refractivity contribution in [2.24, 2.45) is 10.9 Å². The molecule has 2 aliphatic rings. The van der Waals surface area contributed by atoms with Gasteiger partial charge in [0.25, 0.3) is 0 Å². The summed E-state index contributed by atoms with van der Waals surface area (Å²) in [4.78, 5) is 7.73. The molecule has 46 heavy (non-hydrogen) atoms. The first-order valence-corrected chi connectivity index (χ1v) is 16.2. The van der Waals surface area contributed by atoms with E-state index in [4.69, 9.17) is 4.99 Å². The Morgan fingerprint density at radius 2 is 1.70 bits per heavy atom. The smallest absolute Gasteiger partial charge is 0.0894 e. The van der Waals surface area contributed by atoms with E-state index in [9.17, 15) is 5.11 Å². The number of aliphatic hydroxyl groups excluding tert-OH is 1. The Hall–Kier alpha value is -4.83. The summed E-state index contributed by atoms with van der Waals surface area (Å²) >= 11 is 0. The number of fused-ring (bicyclic) bond motifs is 4. The van der Waals surface area contributed by atoms with Crippen molar-refractivity contribution in [3.63, 3.8) is 0 Å². The quantitative estimate of drug-likeness (QED) is 0.113. The Morgan fingerprint density at radius 3 is 2.41 bits per heavy atom. The molecule has 0 saturated heterocycles. The van der Waals surface area contributed by atoms with Crippen molar-refractivity contribution in [2.45, 2.75) is 51.5 Å². The van der Waals surface area contributed by atoms with Crippen LogP contribution in [0.3, 0.4) is 0 Å². The molecule has 3 atom stereocenters. The van der Waals surface area contributed by atoms with E-state index in [1.807, 2.05) is 6.08 Å². The summed E-state index contributed by atoms with van der Waals surface area (Å²) in [5.74, 6) is 0.587. The predicted octanol–water partition coefficient (Wildman–Crippen LogP) is 10.4. The molecule has 4 aromatic rings. The van der Waals surface area contributed by atoms with Gasteiger partial charge in [0.1, 0.15) is 0 Å². The lowest BCUT2D eigenvalue weighted by molar-refractivity contribution is 0.413. The third kappa shape index (κ3) is 6.17. The summed E-state index contributed by atoms with van der Waals surface area (Å²) < 4.78 is 0. The SMILES string of the molecule is C=CC1=NC2C(CN(C)c3c(Nc4ccc(C(C)(C)C)cc4)ccc4ccccc34)C=C(CC(=C)/C=C(\C)O)C2c2ccccc21. The van der Waals surface area contributed by atoms with Crippen LogP contribution in [0, 0.1) is 5.92 Å². The molecule has 0 fully saturated rings. The minimum Gasteiger partial charge on any atom is -0.513 e. The molecule has 1 aliphatic carbocycles. The van der Waals surface area contributed by atoms with Crippen LogP contribution in [0.5, 0.6) is 0 Å². The molecule has 1 heterocycles. The van der Waals surface area contributed by atoms with Crippen molar-refractivity contribution in [1.29, 1.82) is 0 Å². The Kier molecular flexibility index (Phi) is 8.48. The Balaban J connectivity index is 1.38. The first kappa shape index (κ1) is 31.2. The molecule has 1 aliphatic heterocycles. The lowest BCUT2D eigenvalue weighted by Crippen LogP contribution is -2.34. The Bertz CT molecular complexity index is 1880. The second-order valence-corrected chi connectivity index (χ2v) is 13.8. The van der Waals surface area contributed by atoms with E-state index in [0.717, 1.165) is 34.8 Å². The van der Waals surface area contributed by atoms with Crippen LogP contribution in [-0.4, -0.2) is 30.5 Å². The number of benzene rings is 4. The highest BCUT2D eigenvalue weighted by atomic mass is 16.3. The van der Waals surface area contributed by atoms with Crippen LogP contribution in [0.1, 0.15) is 56.7 Å². The van der Waals surface area contributed by atoms with Crippen LogP contribution >= 0.6 is 0 Å². The molecule has 0 spiro atoms. The van der Waals surface area contributed by atoms with Crippen LogP contribution in [0.25, 0.3) is 10.8 Å². The molecule has 0 amide bonds. The van der Waals surface area contributed by atoms with Crippen LogP contribution < -0.4 is 10.2 Å². The monoisotopic (exact) mass is 607 g/mol. The van der Waals surface area contributed by atoms with E-state index in [-0.39, 0.29) is 29.1 Å². The largest absolute Gasteiger partial charge is 0.513 e. The van der Waals surface area contributed by atoms with E-state index in [1.165, 1.54) is 33.2 Å². The fourth-order valence-corrected chi connectivity index (χ4v) is 7.21. The highest BCUT2D eigenvalue weighted by Crippen LogP contribution is 2.48. The zero-order valence-electron chi connectivity index (χ0n) is 27.7. The maximum absolute atomic E-state index is 9.95. The number of aliphatic imine (C=N–C) groups is 1. The maximum atomic E-state index is 9.95. The lowest BCUT2D eigenvalue weighted by Gasteiger charge is -2.33. The fraction of sp³-hybridized carbons (Fsp3) is 0.262. The summed E-state index contributed by atoms with van der Waals surface area (Å²) in [5.41, 5.74) is 10.3. The molecule has 0 aromatic heterocycles. The van der Waals surface area contributed by atoms with Crippen molar-refractivity contribution < 1.29 is 5.11 Å². The van der Waals surface area contributed by atoms with Crippen molar-refractivity contribution in [3.05, 3.63) is 150 Å². The average Bonchev–Trinajstić information content (AvgIpc) is 3.35. The molecule has 0 saturated carbocycles. The van der Waals surface area contributed by atoms with Gasteiger partial charge in [0.05, 0.1) is 28.9 Å². The fourth-order valence-electron chi connectivity index (χ4n) is 7.21. The Morgan fingerprint density at radius 1 is 0.978 bits per heavy atom. The predicted molar refractivity (Wildman–Crippen MR) is 197 cm³/mol. The van der Waals surface area contributed by atoms with Gasteiger partial charge in [-0.05, 0) is 71.2 Å². The number of nitrogens with one attached hydrogen (secondary N) is 1. The highest BCUT2D eigenvalue weighted by Gasteiger charge is 2.42. The first-order chi connectivity index (χ1) is 22.0. The van der Waals surface area contributed by atoms with Crippen molar-refractivity contribution in [3.8, 4) is 0 Å². The van der Waals surface area contributed by atoms with Crippen molar-refractivity contribution >= 4 is 33.5 Å². The molecule has 4 heteroatoms. The number of nitrogens with zero attached hydrogens (tertiary/aromatic N) is 2. The molecular formula is C42H45N3O. The number of aliphatic hydroxyl groups is 1. The van der Waals surface area contributed by atoms with Crippen LogP contribution in [0.2, 0.25) is 0 Å². The topological polar surface area (TPSA) is 47.9 Å².